The average molecular weight is 934 g/mol. The summed E-state index contributed by atoms with van der Waals surface area (Å²) in [6.07, 6.45) is 4.65. The highest BCUT2D eigenvalue weighted by Gasteiger charge is 2.24. The quantitative estimate of drug-likeness (QED) is 0.153. The third-order valence-corrected chi connectivity index (χ3v) is 15.8. The Balaban J connectivity index is 0.956. The molecule has 15 rings (SSSR count). The summed E-state index contributed by atoms with van der Waals surface area (Å²) in [5.41, 5.74) is 24.2. The fraction of sp³-hybridized carbons (Fsp3) is 0.0735. The summed E-state index contributed by atoms with van der Waals surface area (Å²) in [4.78, 5) is 15.5. The van der Waals surface area contributed by atoms with Gasteiger partial charge in [0.25, 0.3) is 0 Å². The van der Waals surface area contributed by atoms with Gasteiger partial charge in [-0.05, 0) is 148 Å². The normalized spacial score (nSPS) is 12.8. The summed E-state index contributed by atoms with van der Waals surface area (Å²) < 4.78 is 4.92. The Morgan fingerprint density at radius 1 is 0.301 bits per heavy atom. The van der Waals surface area contributed by atoms with Crippen molar-refractivity contribution in [2.45, 2.75) is 32.6 Å². The first-order valence-electron chi connectivity index (χ1n) is 25.5. The van der Waals surface area contributed by atoms with Gasteiger partial charge in [-0.1, -0.05) is 164 Å². The molecule has 5 nitrogen and oxygen atoms in total. The van der Waals surface area contributed by atoms with Crippen LogP contribution in [0.25, 0.3) is 123 Å². The summed E-state index contributed by atoms with van der Waals surface area (Å²) in [5.74, 6) is 1.89. The van der Waals surface area contributed by atoms with Gasteiger partial charge in [-0.2, -0.15) is 0 Å². The van der Waals surface area contributed by atoms with Crippen molar-refractivity contribution in [3.63, 3.8) is 0 Å². The molecule has 0 saturated heterocycles. The minimum absolute atomic E-state index is 0.618. The van der Waals surface area contributed by atoms with Gasteiger partial charge in [0.05, 0.1) is 27.8 Å². The molecule has 10 aromatic carbocycles. The van der Waals surface area contributed by atoms with Gasteiger partial charge in [0.15, 0.2) is 17.5 Å². The maximum atomic E-state index is 5.22. The van der Waals surface area contributed by atoms with Crippen LogP contribution < -0.4 is 0 Å². The molecule has 0 N–H and O–H groups in total. The SMILES string of the molecule is Cc1c(-c2cc(-c3ccc4c(c3)CC4)cc(-n3c4ccccc4c4cc5c(cc43)c3ccccc3n5-c3ccccc3-c3nc(-c4ccccc4)nc(-c4ccccc4)n3)c2)cccc1-c1ccc2c(c1)CC2. The van der Waals surface area contributed by atoms with Gasteiger partial charge in [-0.15, -0.1) is 0 Å². The van der Waals surface area contributed by atoms with Gasteiger partial charge >= 0.3 is 0 Å². The van der Waals surface area contributed by atoms with E-state index in [9.17, 15) is 0 Å². The fourth-order valence-corrected chi connectivity index (χ4v) is 11.8. The van der Waals surface area contributed by atoms with Crippen LogP contribution >= 0.6 is 0 Å². The fourth-order valence-electron chi connectivity index (χ4n) is 11.8. The van der Waals surface area contributed by atoms with Gasteiger partial charge in [0.2, 0.25) is 0 Å². The number of para-hydroxylation sites is 3. The van der Waals surface area contributed by atoms with Crippen molar-refractivity contribution >= 4 is 43.6 Å². The average Bonchev–Trinajstić information content (AvgIpc) is 3.93. The number of fused-ring (bicyclic) bond motifs is 8. The first kappa shape index (κ1) is 41.6. The number of nitrogens with zero attached hydrogens (tertiary/aromatic N) is 5. The van der Waals surface area contributed by atoms with Crippen molar-refractivity contribution in [1.82, 2.24) is 24.1 Å². The van der Waals surface area contributed by atoms with E-state index in [0.717, 1.165) is 57.5 Å². The van der Waals surface area contributed by atoms with E-state index in [1.54, 1.807) is 0 Å². The van der Waals surface area contributed by atoms with Gasteiger partial charge in [-0.3, -0.25) is 0 Å². The number of benzene rings is 10. The molecule has 3 heterocycles. The Bertz CT molecular complexity index is 4330. The van der Waals surface area contributed by atoms with E-state index in [1.807, 2.05) is 36.4 Å². The number of aryl methyl sites for hydroxylation is 4. The second kappa shape index (κ2) is 16.4. The molecule has 0 unspecified atom stereocenters. The van der Waals surface area contributed by atoms with Crippen LogP contribution in [0.4, 0.5) is 0 Å². The maximum absolute atomic E-state index is 5.22. The lowest BCUT2D eigenvalue weighted by Gasteiger charge is -2.21. The molecule has 0 radical (unpaired) electrons. The van der Waals surface area contributed by atoms with E-state index in [2.05, 4.69) is 198 Å². The highest BCUT2D eigenvalue weighted by molar-refractivity contribution is 6.19. The van der Waals surface area contributed by atoms with E-state index < -0.39 is 0 Å². The molecule has 0 bridgehead atoms. The molecule has 13 aromatic rings. The van der Waals surface area contributed by atoms with Crippen LogP contribution in [0, 0.1) is 6.92 Å². The highest BCUT2D eigenvalue weighted by atomic mass is 15.1. The topological polar surface area (TPSA) is 48.5 Å². The minimum atomic E-state index is 0.618. The molecule has 0 saturated carbocycles. The van der Waals surface area contributed by atoms with Crippen molar-refractivity contribution < 1.29 is 0 Å². The van der Waals surface area contributed by atoms with E-state index in [0.29, 0.717) is 17.5 Å². The largest absolute Gasteiger partial charge is 0.309 e. The number of hydrogen-bond acceptors (Lipinski definition) is 3. The lowest BCUT2D eigenvalue weighted by molar-refractivity contribution is 0.840. The Hall–Kier alpha value is -9.19. The molecule has 0 aliphatic heterocycles. The molecule has 73 heavy (non-hydrogen) atoms. The van der Waals surface area contributed by atoms with Gasteiger partial charge in [0, 0.05) is 43.9 Å². The summed E-state index contributed by atoms with van der Waals surface area (Å²) >= 11 is 0. The van der Waals surface area contributed by atoms with E-state index in [-0.39, 0.29) is 0 Å². The summed E-state index contributed by atoms with van der Waals surface area (Å²) in [6.45, 7) is 2.30. The van der Waals surface area contributed by atoms with Crippen LogP contribution in [0.1, 0.15) is 27.8 Å². The van der Waals surface area contributed by atoms with Crippen LogP contribution in [0.5, 0.6) is 0 Å². The number of rotatable bonds is 8. The Labute approximate surface area is 423 Å². The number of hydrogen-bond donors (Lipinski definition) is 0. The van der Waals surface area contributed by atoms with Crippen molar-refractivity contribution in [3.8, 4) is 78.9 Å². The van der Waals surface area contributed by atoms with Crippen LogP contribution in [-0.4, -0.2) is 24.1 Å². The maximum Gasteiger partial charge on any atom is 0.166 e. The molecule has 2 aliphatic carbocycles. The summed E-state index contributed by atoms with van der Waals surface area (Å²) in [5, 5.41) is 4.74. The molecular weight excluding hydrogens is 887 g/mol. The van der Waals surface area contributed by atoms with E-state index >= 15 is 0 Å². The van der Waals surface area contributed by atoms with Crippen molar-refractivity contribution in [1.29, 1.82) is 0 Å². The third-order valence-electron chi connectivity index (χ3n) is 15.8. The zero-order chi connectivity index (χ0) is 48.1. The molecule has 2 aliphatic rings. The molecule has 5 heteroatoms. The van der Waals surface area contributed by atoms with E-state index in [1.165, 1.54) is 101 Å². The number of aromatic nitrogens is 5. The van der Waals surface area contributed by atoms with Crippen molar-refractivity contribution in [3.05, 3.63) is 246 Å². The lowest BCUT2D eigenvalue weighted by atomic mass is 9.84. The molecule has 344 valence electrons. The second-order valence-electron chi connectivity index (χ2n) is 19.9. The highest BCUT2D eigenvalue weighted by Crippen LogP contribution is 2.44. The minimum Gasteiger partial charge on any atom is -0.309 e. The lowest BCUT2D eigenvalue weighted by Crippen LogP contribution is -2.07. The van der Waals surface area contributed by atoms with E-state index in [4.69, 9.17) is 15.0 Å². The smallest absolute Gasteiger partial charge is 0.166 e. The Kier molecular flexibility index (Phi) is 9.36. The van der Waals surface area contributed by atoms with Crippen LogP contribution in [-0.2, 0) is 25.7 Å². The summed E-state index contributed by atoms with van der Waals surface area (Å²) in [6, 6.07) is 79.8. The predicted octanol–water partition coefficient (Wildman–Crippen LogP) is 16.6. The van der Waals surface area contributed by atoms with Crippen LogP contribution in [0.2, 0.25) is 0 Å². The molecule has 3 aromatic heterocycles. The standard InChI is InChI=1S/C68H47N5/c1-42-54(50-34-30-44-28-32-48(44)36-50)22-14-23-55(42)52-37-51(49-33-29-43-27-31-47(43)35-49)38-53(39-52)72-61-24-11-8-19-56(61)59-41-65-60(40-64(59)72)57-20-9-12-25-62(57)73(65)63-26-13-10-21-58(63)68-70-66(45-15-4-2-5-16-45)69-67(71-68)46-17-6-3-7-18-46/h2-26,29-30,33-41H,27-28,31-32H2,1H3. The monoisotopic (exact) mass is 933 g/mol. The van der Waals surface area contributed by atoms with Crippen molar-refractivity contribution in [2.24, 2.45) is 0 Å². The Morgan fingerprint density at radius 2 is 0.795 bits per heavy atom. The van der Waals surface area contributed by atoms with Crippen LogP contribution in [0.15, 0.2) is 218 Å². The van der Waals surface area contributed by atoms with Gasteiger partial charge in [-0.25, -0.2) is 15.0 Å². The zero-order valence-electron chi connectivity index (χ0n) is 40.3. The zero-order valence-corrected chi connectivity index (χ0v) is 40.3. The predicted molar refractivity (Wildman–Crippen MR) is 301 cm³/mol. The van der Waals surface area contributed by atoms with Gasteiger partial charge < -0.3 is 9.13 Å². The Morgan fingerprint density at radius 3 is 1.42 bits per heavy atom. The molecule has 0 atom stereocenters. The van der Waals surface area contributed by atoms with Crippen molar-refractivity contribution in [2.75, 3.05) is 0 Å². The second-order valence-corrected chi connectivity index (χ2v) is 19.9. The third kappa shape index (κ3) is 6.73. The first-order chi connectivity index (χ1) is 36.1. The summed E-state index contributed by atoms with van der Waals surface area (Å²) in [7, 11) is 0. The first-order valence-corrected chi connectivity index (χ1v) is 25.5. The van der Waals surface area contributed by atoms with Crippen LogP contribution in [0.3, 0.4) is 0 Å². The molecular formula is C68H47N5. The molecule has 0 spiro atoms. The van der Waals surface area contributed by atoms with Gasteiger partial charge in [0.1, 0.15) is 0 Å². The molecule has 0 fully saturated rings. The molecule has 0 amide bonds.